The van der Waals surface area contributed by atoms with Crippen molar-refractivity contribution in [1.29, 1.82) is 0 Å². The van der Waals surface area contributed by atoms with Crippen LogP contribution in [-0.4, -0.2) is 17.4 Å². The van der Waals surface area contributed by atoms with Gasteiger partial charge in [-0.25, -0.2) is 4.98 Å². The molecule has 0 bridgehead atoms. The van der Waals surface area contributed by atoms with Crippen LogP contribution in [0.5, 0.6) is 10.9 Å². The molecule has 19 heavy (non-hydrogen) atoms. The highest BCUT2D eigenvalue weighted by molar-refractivity contribution is 7.11. The third kappa shape index (κ3) is 4.06. The number of nitrogens with one attached hydrogen (secondary N) is 1. The van der Waals surface area contributed by atoms with E-state index in [2.05, 4.69) is 24.1 Å². The van der Waals surface area contributed by atoms with Crippen LogP contribution >= 0.6 is 11.3 Å². The first-order valence-corrected chi connectivity index (χ1v) is 6.98. The standard InChI is InChI=1S/C14H16N2O2S/c1-10(2)9-16-13(17)11-3-5-12(6-4-11)18-14-15-7-8-19-14/h3-8,10H,9H2,1-2H3,(H,16,17). The highest BCUT2D eigenvalue weighted by atomic mass is 32.1. The average molecular weight is 276 g/mol. The zero-order valence-corrected chi connectivity index (χ0v) is 11.7. The number of ether oxygens (including phenoxy) is 1. The normalized spacial score (nSPS) is 10.5. The monoisotopic (exact) mass is 276 g/mol. The Kier molecular flexibility index (Phi) is 4.52. The summed E-state index contributed by atoms with van der Waals surface area (Å²) in [6.07, 6.45) is 1.69. The molecule has 0 aliphatic carbocycles. The van der Waals surface area contributed by atoms with Crippen LogP contribution in [0.4, 0.5) is 0 Å². The van der Waals surface area contributed by atoms with Gasteiger partial charge in [-0.05, 0) is 30.2 Å². The maximum Gasteiger partial charge on any atom is 0.278 e. The number of aromatic nitrogens is 1. The van der Waals surface area contributed by atoms with Crippen LogP contribution in [0.15, 0.2) is 35.8 Å². The molecule has 100 valence electrons. The fourth-order valence-corrected chi connectivity index (χ4v) is 1.94. The van der Waals surface area contributed by atoms with Crippen molar-refractivity contribution >= 4 is 17.2 Å². The third-order valence-electron chi connectivity index (χ3n) is 2.40. The molecule has 0 aliphatic rings. The number of benzene rings is 1. The average Bonchev–Trinajstić information content (AvgIpc) is 2.89. The Balaban J connectivity index is 1.96. The SMILES string of the molecule is CC(C)CNC(=O)c1ccc(Oc2nccs2)cc1. The van der Waals surface area contributed by atoms with Gasteiger partial charge in [0.1, 0.15) is 5.75 Å². The van der Waals surface area contributed by atoms with Crippen molar-refractivity contribution in [2.24, 2.45) is 5.92 Å². The van der Waals surface area contributed by atoms with E-state index in [0.29, 0.717) is 29.0 Å². The van der Waals surface area contributed by atoms with Crippen LogP contribution in [-0.2, 0) is 0 Å². The van der Waals surface area contributed by atoms with E-state index < -0.39 is 0 Å². The summed E-state index contributed by atoms with van der Waals surface area (Å²) in [7, 11) is 0. The summed E-state index contributed by atoms with van der Waals surface area (Å²) in [5.41, 5.74) is 0.632. The number of hydrogen-bond acceptors (Lipinski definition) is 4. The molecular weight excluding hydrogens is 260 g/mol. The molecule has 0 radical (unpaired) electrons. The van der Waals surface area contributed by atoms with E-state index in [-0.39, 0.29) is 5.91 Å². The molecule has 0 unspecified atom stereocenters. The van der Waals surface area contributed by atoms with Crippen molar-refractivity contribution < 1.29 is 9.53 Å². The molecule has 0 saturated carbocycles. The summed E-state index contributed by atoms with van der Waals surface area (Å²) in [5.74, 6) is 1.06. The lowest BCUT2D eigenvalue weighted by molar-refractivity contribution is 0.0949. The first kappa shape index (κ1) is 13.5. The lowest BCUT2D eigenvalue weighted by Gasteiger charge is -2.08. The topological polar surface area (TPSA) is 51.2 Å². The minimum absolute atomic E-state index is 0.0606. The van der Waals surface area contributed by atoms with E-state index in [4.69, 9.17) is 4.74 Å². The zero-order valence-electron chi connectivity index (χ0n) is 10.9. The molecule has 1 heterocycles. The van der Waals surface area contributed by atoms with Crippen molar-refractivity contribution in [2.45, 2.75) is 13.8 Å². The second kappa shape index (κ2) is 6.33. The predicted molar refractivity (Wildman–Crippen MR) is 75.8 cm³/mol. The molecule has 1 N–H and O–H groups in total. The van der Waals surface area contributed by atoms with Crippen molar-refractivity contribution in [3.05, 3.63) is 41.4 Å². The Bertz CT molecular complexity index is 521. The Hall–Kier alpha value is -1.88. The largest absolute Gasteiger partial charge is 0.431 e. The first-order valence-electron chi connectivity index (χ1n) is 6.11. The predicted octanol–water partition coefficient (Wildman–Crippen LogP) is 3.32. The quantitative estimate of drug-likeness (QED) is 0.911. The summed E-state index contributed by atoms with van der Waals surface area (Å²) >= 11 is 1.43. The summed E-state index contributed by atoms with van der Waals surface area (Å²) < 4.78 is 5.53. The number of carbonyl (C=O) groups is 1. The van der Waals surface area contributed by atoms with Gasteiger partial charge in [-0.1, -0.05) is 25.2 Å². The number of thiazole rings is 1. The summed E-state index contributed by atoms with van der Waals surface area (Å²) in [6, 6.07) is 7.04. The van der Waals surface area contributed by atoms with Crippen molar-refractivity contribution in [1.82, 2.24) is 10.3 Å². The molecule has 2 aromatic rings. The molecule has 5 heteroatoms. The molecule has 1 aromatic heterocycles. The second-order valence-electron chi connectivity index (χ2n) is 4.53. The van der Waals surface area contributed by atoms with Gasteiger partial charge in [0.15, 0.2) is 0 Å². The van der Waals surface area contributed by atoms with Gasteiger partial charge in [0, 0.05) is 23.7 Å². The van der Waals surface area contributed by atoms with Crippen LogP contribution < -0.4 is 10.1 Å². The van der Waals surface area contributed by atoms with Gasteiger partial charge in [0.2, 0.25) is 0 Å². The highest BCUT2D eigenvalue weighted by Crippen LogP contribution is 2.23. The Morgan fingerprint density at radius 1 is 1.37 bits per heavy atom. The molecule has 1 amide bonds. The highest BCUT2D eigenvalue weighted by Gasteiger charge is 2.06. The summed E-state index contributed by atoms with van der Waals surface area (Å²) in [5, 5.41) is 5.32. The van der Waals surface area contributed by atoms with Crippen molar-refractivity contribution in [3.8, 4) is 10.9 Å². The van der Waals surface area contributed by atoms with Gasteiger partial charge in [0.25, 0.3) is 11.1 Å². The lowest BCUT2D eigenvalue weighted by Crippen LogP contribution is -2.27. The minimum Gasteiger partial charge on any atom is -0.431 e. The fourth-order valence-electron chi connectivity index (χ4n) is 1.43. The van der Waals surface area contributed by atoms with E-state index in [1.807, 2.05) is 5.38 Å². The first-order chi connectivity index (χ1) is 9.15. The molecule has 0 atom stereocenters. The van der Waals surface area contributed by atoms with Crippen molar-refractivity contribution in [3.63, 3.8) is 0 Å². The molecule has 0 aliphatic heterocycles. The smallest absolute Gasteiger partial charge is 0.278 e. The molecule has 0 fully saturated rings. The summed E-state index contributed by atoms with van der Waals surface area (Å²) in [6.45, 7) is 4.80. The van der Waals surface area contributed by atoms with Gasteiger partial charge in [-0.3, -0.25) is 4.79 Å². The van der Waals surface area contributed by atoms with Gasteiger partial charge in [-0.2, -0.15) is 0 Å². The van der Waals surface area contributed by atoms with Gasteiger partial charge < -0.3 is 10.1 Å². The Labute approximate surface area is 116 Å². The fraction of sp³-hybridized carbons (Fsp3) is 0.286. The van der Waals surface area contributed by atoms with Gasteiger partial charge >= 0.3 is 0 Å². The molecule has 2 rings (SSSR count). The van der Waals surface area contributed by atoms with Crippen LogP contribution in [0.1, 0.15) is 24.2 Å². The molecular formula is C14H16N2O2S. The van der Waals surface area contributed by atoms with E-state index in [1.54, 1.807) is 30.5 Å². The van der Waals surface area contributed by atoms with Crippen LogP contribution in [0.25, 0.3) is 0 Å². The van der Waals surface area contributed by atoms with E-state index in [9.17, 15) is 4.79 Å². The van der Waals surface area contributed by atoms with Gasteiger partial charge in [0.05, 0.1) is 0 Å². The number of hydrogen-bond donors (Lipinski definition) is 1. The minimum atomic E-state index is -0.0606. The number of amides is 1. The molecule has 0 spiro atoms. The summed E-state index contributed by atoms with van der Waals surface area (Å²) in [4.78, 5) is 15.9. The number of nitrogens with zero attached hydrogens (tertiary/aromatic N) is 1. The third-order valence-corrected chi connectivity index (χ3v) is 3.05. The van der Waals surface area contributed by atoms with E-state index in [1.165, 1.54) is 11.3 Å². The number of rotatable bonds is 5. The maximum atomic E-state index is 11.8. The van der Waals surface area contributed by atoms with E-state index in [0.717, 1.165) is 0 Å². The second-order valence-corrected chi connectivity index (χ2v) is 5.39. The van der Waals surface area contributed by atoms with Crippen LogP contribution in [0.3, 0.4) is 0 Å². The lowest BCUT2D eigenvalue weighted by atomic mass is 10.2. The number of carbonyl (C=O) groups excluding carboxylic acids is 1. The maximum absolute atomic E-state index is 11.8. The Morgan fingerprint density at radius 2 is 2.11 bits per heavy atom. The Morgan fingerprint density at radius 3 is 2.68 bits per heavy atom. The zero-order chi connectivity index (χ0) is 13.7. The van der Waals surface area contributed by atoms with Crippen LogP contribution in [0.2, 0.25) is 0 Å². The van der Waals surface area contributed by atoms with Crippen LogP contribution in [0, 0.1) is 5.92 Å². The molecule has 1 aromatic carbocycles. The van der Waals surface area contributed by atoms with E-state index >= 15 is 0 Å². The van der Waals surface area contributed by atoms with Crippen molar-refractivity contribution in [2.75, 3.05) is 6.54 Å². The molecule has 0 saturated heterocycles. The molecule has 4 nitrogen and oxygen atoms in total. The van der Waals surface area contributed by atoms with Gasteiger partial charge in [-0.15, -0.1) is 0 Å².